The molecule has 1 aliphatic heterocycles. The van der Waals surface area contributed by atoms with E-state index in [-0.39, 0.29) is 11.2 Å². The Kier molecular flexibility index (Phi) is 4.07. The Hall–Kier alpha value is -0.740. The van der Waals surface area contributed by atoms with Crippen molar-refractivity contribution in [1.29, 1.82) is 0 Å². The third kappa shape index (κ3) is 2.89. The molecule has 0 saturated carbocycles. The number of carbonyl (C=O) groups excluding carboxylic acids is 1. The van der Waals surface area contributed by atoms with E-state index in [1.807, 2.05) is 0 Å². The van der Waals surface area contributed by atoms with Crippen molar-refractivity contribution in [3.8, 4) is 0 Å². The number of rotatable bonds is 2. The summed E-state index contributed by atoms with van der Waals surface area (Å²) in [5.74, 6) is 1.11. The smallest absolute Gasteiger partial charge is 0.237 e. The van der Waals surface area contributed by atoms with Gasteiger partial charge < -0.3 is 5.32 Å². The van der Waals surface area contributed by atoms with Gasteiger partial charge in [0, 0.05) is 6.20 Å². The van der Waals surface area contributed by atoms with Gasteiger partial charge in [-0.05, 0) is 30.7 Å². The van der Waals surface area contributed by atoms with Crippen LogP contribution >= 0.6 is 23.4 Å². The van der Waals surface area contributed by atoms with Crippen molar-refractivity contribution in [2.75, 3.05) is 11.1 Å². The van der Waals surface area contributed by atoms with Gasteiger partial charge in [0.15, 0.2) is 5.15 Å². The summed E-state index contributed by atoms with van der Waals surface area (Å²) in [6, 6.07) is 3.52. The molecule has 1 aliphatic rings. The minimum atomic E-state index is 0.0413. The average molecular weight is 257 g/mol. The maximum Gasteiger partial charge on any atom is 0.237 e. The normalized spacial score (nSPS) is 20.4. The van der Waals surface area contributed by atoms with Crippen molar-refractivity contribution in [2.24, 2.45) is 0 Å². The van der Waals surface area contributed by atoms with Crippen molar-refractivity contribution < 1.29 is 4.79 Å². The zero-order chi connectivity index (χ0) is 11.4. The molecule has 0 radical (unpaired) electrons. The molecule has 1 N–H and O–H groups in total. The van der Waals surface area contributed by atoms with E-state index in [1.165, 1.54) is 6.42 Å². The average Bonchev–Trinajstić information content (AvgIpc) is 2.33. The molecule has 1 aromatic heterocycles. The lowest BCUT2D eigenvalue weighted by atomic mass is 10.2. The highest BCUT2D eigenvalue weighted by Crippen LogP contribution is 2.27. The van der Waals surface area contributed by atoms with Crippen LogP contribution in [0.15, 0.2) is 18.3 Å². The predicted molar refractivity (Wildman–Crippen MR) is 68.0 cm³/mol. The van der Waals surface area contributed by atoms with E-state index < -0.39 is 0 Å². The van der Waals surface area contributed by atoms with Crippen LogP contribution in [0.4, 0.5) is 5.69 Å². The molecule has 1 unspecified atom stereocenters. The van der Waals surface area contributed by atoms with Gasteiger partial charge in [0.2, 0.25) is 5.91 Å². The number of pyridine rings is 1. The third-order valence-corrected chi connectivity index (χ3v) is 4.17. The maximum absolute atomic E-state index is 11.9. The van der Waals surface area contributed by atoms with Gasteiger partial charge in [-0.25, -0.2) is 4.98 Å². The Labute approximate surface area is 104 Å². The van der Waals surface area contributed by atoms with E-state index in [0.717, 1.165) is 18.6 Å². The number of amides is 1. The lowest BCUT2D eigenvalue weighted by molar-refractivity contribution is -0.115. The molecular weight excluding hydrogens is 244 g/mol. The number of nitrogens with one attached hydrogen (secondary N) is 1. The third-order valence-electron chi connectivity index (χ3n) is 2.49. The number of anilines is 1. The van der Waals surface area contributed by atoms with Crippen LogP contribution in [-0.4, -0.2) is 21.9 Å². The summed E-state index contributed by atoms with van der Waals surface area (Å²) in [6.45, 7) is 0. The highest BCUT2D eigenvalue weighted by molar-refractivity contribution is 8.00. The second-order valence-corrected chi connectivity index (χ2v) is 5.35. The first-order valence-electron chi connectivity index (χ1n) is 5.30. The fraction of sp³-hybridized carbons (Fsp3) is 0.455. The van der Waals surface area contributed by atoms with Gasteiger partial charge in [-0.1, -0.05) is 18.0 Å². The SMILES string of the molecule is O=C(Nc1cccnc1Cl)C1CCCCS1. The van der Waals surface area contributed by atoms with Crippen LogP contribution in [-0.2, 0) is 4.79 Å². The van der Waals surface area contributed by atoms with Crippen LogP contribution in [0.1, 0.15) is 19.3 Å². The molecule has 5 heteroatoms. The topological polar surface area (TPSA) is 42.0 Å². The van der Waals surface area contributed by atoms with E-state index in [9.17, 15) is 4.79 Å². The Balaban J connectivity index is 1.99. The Bertz CT molecular complexity index is 380. The summed E-state index contributed by atoms with van der Waals surface area (Å²) in [7, 11) is 0. The Morgan fingerprint density at radius 1 is 1.56 bits per heavy atom. The number of aromatic nitrogens is 1. The lowest BCUT2D eigenvalue weighted by Crippen LogP contribution is -2.27. The maximum atomic E-state index is 11.9. The molecule has 2 rings (SSSR count). The summed E-state index contributed by atoms with van der Waals surface area (Å²) < 4.78 is 0. The van der Waals surface area contributed by atoms with Crippen molar-refractivity contribution >= 4 is 35.0 Å². The van der Waals surface area contributed by atoms with E-state index in [2.05, 4.69) is 10.3 Å². The van der Waals surface area contributed by atoms with Gasteiger partial charge in [-0.3, -0.25) is 4.79 Å². The summed E-state index contributed by atoms with van der Waals surface area (Å²) in [6.07, 6.45) is 4.90. The molecule has 1 atom stereocenters. The molecule has 0 spiro atoms. The van der Waals surface area contributed by atoms with Crippen LogP contribution in [0.2, 0.25) is 5.15 Å². The molecule has 1 fully saturated rings. The molecule has 1 aromatic rings. The van der Waals surface area contributed by atoms with Gasteiger partial charge in [0.25, 0.3) is 0 Å². The molecule has 0 aromatic carbocycles. The highest BCUT2D eigenvalue weighted by atomic mass is 35.5. The molecule has 16 heavy (non-hydrogen) atoms. The Morgan fingerprint density at radius 3 is 3.12 bits per heavy atom. The van der Waals surface area contributed by atoms with Crippen LogP contribution in [0.25, 0.3) is 0 Å². The van der Waals surface area contributed by atoms with Gasteiger partial charge in [-0.2, -0.15) is 0 Å². The zero-order valence-corrected chi connectivity index (χ0v) is 10.4. The highest BCUT2D eigenvalue weighted by Gasteiger charge is 2.22. The van der Waals surface area contributed by atoms with Crippen molar-refractivity contribution in [2.45, 2.75) is 24.5 Å². The standard InChI is InChI=1S/C11H13ClN2OS/c12-10-8(4-3-6-13-10)14-11(15)9-5-1-2-7-16-9/h3-4,6,9H,1-2,5,7H2,(H,14,15). The summed E-state index contributed by atoms with van der Waals surface area (Å²) in [5.41, 5.74) is 0.598. The fourth-order valence-electron chi connectivity index (χ4n) is 1.64. The minimum absolute atomic E-state index is 0.0413. The first-order valence-corrected chi connectivity index (χ1v) is 6.73. The number of carbonyl (C=O) groups is 1. The van der Waals surface area contributed by atoms with E-state index in [4.69, 9.17) is 11.6 Å². The first kappa shape index (κ1) is 11.7. The van der Waals surface area contributed by atoms with Gasteiger partial charge in [-0.15, -0.1) is 11.8 Å². The lowest BCUT2D eigenvalue weighted by Gasteiger charge is -2.20. The number of thioether (sulfide) groups is 1. The summed E-state index contributed by atoms with van der Waals surface area (Å²) in [5, 5.41) is 3.23. The van der Waals surface area contributed by atoms with Crippen molar-refractivity contribution in [3.05, 3.63) is 23.5 Å². The Morgan fingerprint density at radius 2 is 2.44 bits per heavy atom. The minimum Gasteiger partial charge on any atom is -0.322 e. The number of halogens is 1. The molecule has 1 amide bonds. The monoisotopic (exact) mass is 256 g/mol. The largest absolute Gasteiger partial charge is 0.322 e. The molecule has 86 valence electrons. The zero-order valence-electron chi connectivity index (χ0n) is 8.78. The van der Waals surface area contributed by atoms with Crippen LogP contribution < -0.4 is 5.32 Å². The van der Waals surface area contributed by atoms with Crippen LogP contribution in [0, 0.1) is 0 Å². The first-order chi connectivity index (χ1) is 7.77. The second kappa shape index (κ2) is 5.55. The van der Waals surface area contributed by atoms with Gasteiger partial charge in [0.1, 0.15) is 0 Å². The van der Waals surface area contributed by atoms with E-state index >= 15 is 0 Å². The van der Waals surface area contributed by atoms with Gasteiger partial charge >= 0.3 is 0 Å². The number of nitrogens with zero attached hydrogens (tertiary/aromatic N) is 1. The number of hydrogen-bond acceptors (Lipinski definition) is 3. The molecule has 2 heterocycles. The summed E-state index contributed by atoms with van der Waals surface area (Å²) in [4.78, 5) is 15.8. The molecule has 0 aliphatic carbocycles. The van der Waals surface area contributed by atoms with Crippen LogP contribution in [0.5, 0.6) is 0 Å². The molecular formula is C11H13ClN2OS. The van der Waals surface area contributed by atoms with Crippen LogP contribution in [0.3, 0.4) is 0 Å². The van der Waals surface area contributed by atoms with E-state index in [1.54, 1.807) is 30.1 Å². The number of hydrogen-bond donors (Lipinski definition) is 1. The second-order valence-electron chi connectivity index (χ2n) is 3.69. The summed E-state index contributed by atoms with van der Waals surface area (Å²) >= 11 is 7.60. The predicted octanol–water partition coefficient (Wildman–Crippen LogP) is 2.96. The molecule has 3 nitrogen and oxygen atoms in total. The van der Waals surface area contributed by atoms with Gasteiger partial charge in [0.05, 0.1) is 10.9 Å². The molecule has 1 saturated heterocycles. The quantitative estimate of drug-likeness (QED) is 0.828. The van der Waals surface area contributed by atoms with Crippen molar-refractivity contribution in [1.82, 2.24) is 4.98 Å². The molecule has 0 bridgehead atoms. The van der Waals surface area contributed by atoms with E-state index in [0.29, 0.717) is 10.8 Å². The fourth-order valence-corrected chi connectivity index (χ4v) is 3.01. The van der Waals surface area contributed by atoms with Crippen molar-refractivity contribution in [3.63, 3.8) is 0 Å².